The van der Waals surface area contributed by atoms with E-state index >= 15 is 0 Å². The number of hydrogen-bond acceptors (Lipinski definition) is 5. The predicted molar refractivity (Wildman–Crippen MR) is 118 cm³/mol. The third kappa shape index (κ3) is 4.98. The molecule has 0 fully saturated rings. The third-order valence-electron chi connectivity index (χ3n) is 4.62. The van der Waals surface area contributed by atoms with E-state index in [-0.39, 0.29) is 17.5 Å². The molecule has 0 saturated carbocycles. The SMILES string of the molecule is COC(=O)c1cc(NC(=O)c2cc(NC(=O)C(C)C)n(-c3ccccc3)n2)ccc1C. The number of para-hydroxylation sites is 1. The molecular formula is C23H24N4O4. The Labute approximate surface area is 180 Å². The molecule has 8 nitrogen and oxygen atoms in total. The highest BCUT2D eigenvalue weighted by Gasteiger charge is 2.19. The lowest BCUT2D eigenvalue weighted by Gasteiger charge is -2.10. The van der Waals surface area contributed by atoms with Gasteiger partial charge < -0.3 is 15.4 Å². The van der Waals surface area contributed by atoms with Crippen LogP contribution in [0.5, 0.6) is 0 Å². The van der Waals surface area contributed by atoms with Gasteiger partial charge in [-0.1, -0.05) is 38.1 Å². The normalized spacial score (nSPS) is 10.6. The molecule has 2 aromatic carbocycles. The van der Waals surface area contributed by atoms with Crippen molar-refractivity contribution in [1.82, 2.24) is 9.78 Å². The van der Waals surface area contributed by atoms with Crippen LogP contribution in [0.2, 0.25) is 0 Å². The lowest BCUT2D eigenvalue weighted by Crippen LogP contribution is -2.19. The first-order valence-electron chi connectivity index (χ1n) is 9.77. The van der Waals surface area contributed by atoms with Crippen LogP contribution in [-0.2, 0) is 9.53 Å². The largest absolute Gasteiger partial charge is 0.465 e. The molecule has 0 spiro atoms. The van der Waals surface area contributed by atoms with Gasteiger partial charge in [0.15, 0.2) is 5.69 Å². The summed E-state index contributed by atoms with van der Waals surface area (Å²) in [5.74, 6) is -1.00. The number of aromatic nitrogens is 2. The second kappa shape index (κ2) is 9.25. The number of benzene rings is 2. The van der Waals surface area contributed by atoms with Gasteiger partial charge in [0.25, 0.3) is 5.91 Å². The Morgan fingerprint density at radius 3 is 2.35 bits per heavy atom. The zero-order chi connectivity index (χ0) is 22.5. The number of ether oxygens (including phenoxy) is 1. The van der Waals surface area contributed by atoms with Gasteiger partial charge in [0.1, 0.15) is 5.82 Å². The van der Waals surface area contributed by atoms with Crippen LogP contribution < -0.4 is 10.6 Å². The maximum absolute atomic E-state index is 12.9. The minimum absolute atomic E-state index is 0.114. The summed E-state index contributed by atoms with van der Waals surface area (Å²) in [6.07, 6.45) is 0. The quantitative estimate of drug-likeness (QED) is 0.591. The minimum atomic E-state index is -0.486. The number of aryl methyl sites for hydroxylation is 1. The fourth-order valence-corrected chi connectivity index (χ4v) is 2.84. The van der Waals surface area contributed by atoms with E-state index < -0.39 is 11.9 Å². The molecule has 8 heteroatoms. The monoisotopic (exact) mass is 420 g/mol. The van der Waals surface area contributed by atoms with Crippen molar-refractivity contribution in [3.05, 3.63) is 71.4 Å². The van der Waals surface area contributed by atoms with E-state index in [2.05, 4.69) is 15.7 Å². The van der Waals surface area contributed by atoms with E-state index in [1.807, 2.05) is 30.3 Å². The Kier molecular flexibility index (Phi) is 6.49. The molecule has 0 aliphatic heterocycles. The molecule has 1 aromatic heterocycles. The molecule has 0 aliphatic rings. The van der Waals surface area contributed by atoms with Crippen molar-refractivity contribution in [2.75, 3.05) is 17.7 Å². The van der Waals surface area contributed by atoms with Crippen molar-refractivity contribution >= 4 is 29.3 Å². The van der Waals surface area contributed by atoms with Crippen LogP contribution in [0.25, 0.3) is 5.69 Å². The zero-order valence-electron chi connectivity index (χ0n) is 17.8. The van der Waals surface area contributed by atoms with Gasteiger partial charge in [0.2, 0.25) is 5.91 Å². The van der Waals surface area contributed by atoms with E-state index in [9.17, 15) is 14.4 Å². The summed E-state index contributed by atoms with van der Waals surface area (Å²) >= 11 is 0. The first kappa shape index (κ1) is 21.8. The molecule has 0 aliphatic carbocycles. The van der Waals surface area contributed by atoms with Crippen LogP contribution in [0.1, 0.15) is 40.3 Å². The topological polar surface area (TPSA) is 102 Å². The number of nitrogens with one attached hydrogen (secondary N) is 2. The fraction of sp³-hybridized carbons (Fsp3) is 0.217. The average molecular weight is 420 g/mol. The summed E-state index contributed by atoms with van der Waals surface area (Å²) in [6.45, 7) is 5.34. The second-order valence-electron chi connectivity index (χ2n) is 7.28. The molecule has 0 saturated heterocycles. The summed E-state index contributed by atoms with van der Waals surface area (Å²) in [6, 6.07) is 15.7. The minimum Gasteiger partial charge on any atom is -0.465 e. The number of esters is 1. The third-order valence-corrected chi connectivity index (χ3v) is 4.62. The Bertz CT molecular complexity index is 1120. The standard InChI is InChI=1S/C23H24N4O4/c1-14(2)21(28)25-20-13-19(26-27(20)17-8-6-5-7-9-17)22(29)24-16-11-10-15(3)18(12-16)23(30)31-4/h5-14H,1-4H3,(H,24,29)(H,25,28). The van der Waals surface area contributed by atoms with Gasteiger partial charge >= 0.3 is 5.97 Å². The van der Waals surface area contributed by atoms with Gasteiger partial charge in [-0.3, -0.25) is 9.59 Å². The average Bonchev–Trinajstić information content (AvgIpc) is 3.19. The Morgan fingerprint density at radius 2 is 1.71 bits per heavy atom. The van der Waals surface area contributed by atoms with Gasteiger partial charge in [-0.2, -0.15) is 5.10 Å². The van der Waals surface area contributed by atoms with Crippen molar-refractivity contribution in [2.24, 2.45) is 5.92 Å². The van der Waals surface area contributed by atoms with Gasteiger partial charge in [-0.25, -0.2) is 9.48 Å². The predicted octanol–water partition coefficient (Wildman–Crippen LogP) is 3.81. The first-order chi connectivity index (χ1) is 14.8. The Hall–Kier alpha value is -3.94. The van der Waals surface area contributed by atoms with Gasteiger partial charge in [0.05, 0.1) is 18.4 Å². The summed E-state index contributed by atoms with van der Waals surface area (Å²) < 4.78 is 6.28. The summed E-state index contributed by atoms with van der Waals surface area (Å²) in [7, 11) is 1.30. The second-order valence-corrected chi connectivity index (χ2v) is 7.28. The molecule has 0 unspecified atom stereocenters. The molecule has 2 amide bonds. The number of rotatable bonds is 6. The molecule has 3 aromatic rings. The van der Waals surface area contributed by atoms with Crippen LogP contribution in [0.15, 0.2) is 54.6 Å². The van der Waals surface area contributed by atoms with Crippen molar-refractivity contribution in [3.63, 3.8) is 0 Å². The first-order valence-corrected chi connectivity index (χ1v) is 9.77. The maximum atomic E-state index is 12.9. The summed E-state index contributed by atoms with van der Waals surface area (Å²) in [5, 5.41) is 9.92. The van der Waals surface area contributed by atoms with E-state index in [1.165, 1.54) is 17.9 Å². The highest BCUT2D eigenvalue weighted by atomic mass is 16.5. The van der Waals surface area contributed by atoms with Crippen LogP contribution in [0.4, 0.5) is 11.5 Å². The van der Waals surface area contributed by atoms with E-state index in [1.54, 1.807) is 39.0 Å². The lowest BCUT2D eigenvalue weighted by molar-refractivity contribution is -0.118. The molecule has 0 radical (unpaired) electrons. The molecule has 0 bridgehead atoms. The fourth-order valence-electron chi connectivity index (χ4n) is 2.84. The van der Waals surface area contributed by atoms with Crippen molar-refractivity contribution in [1.29, 1.82) is 0 Å². The molecule has 0 atom stereocenters. The molecule has 31 heavy (non-hydrogen) atoms. The maximum Gasteiger partial charge on any atom is 0.338 e. The number of amides is 2. The summed E-state index contributed by atoms with van der Waals surface area (Å²) in [5.41, 5.74) is 2.34. The highest BCUT2D eigenvalue weighted by molar-refractivity contribution is 6.05. The number of carbonyl (C=O) groups excluding carboxylic acids is 3. The van der Waals surface area contributed by atoms with Crippen LogP contribution in [0.3, 0.4) is 0 Å². The lowest BCUT2D eigenvalue weighted by atomic mass is 10.1. The number of anilines is 2. The molecular weight excluding hydrogens is 396 g/mol. The van der Waals surface area contributed by atoms with Crippen molar-refractivity contribution in [2.45, 2.75) is 20.8 Å². The van der Waals surface area contributed by atoms with Gasteiger partial charge in [-0.05, 0) is 36.8 Å². The number of carbonyl (C=O) groups is 3. The molecule has 160 valence electrons. The number of nitrogens with zero attached hydrogens (tertiary/aromatic N) is 2. The van der Waals surface area contributed by atoms with Crippen LogP contribution in [0, 0.1) is 12.8 Å². The number of hydrogen-bond donors (Lipinski definition) is 2. The van der Waals surface area contributed by atoms with Gasteiger partial charge in [-0.15, -0.1) is 0 Å². The smallest absolute Gasteiger partial charge is 0.338 e. The zero-order valence-corrected chi connectivity index (χ0v) is 17.8. The van der Waals surface area contributed by atoms with E-state index in [4.69, 9.17) is 4.74 Å². The van der Waals surface area contributed by atoms with E-state index in [0.29, 0.717) is 22.8 Å². The molecule has 1 heterocycles. The van der Waals surface area contributed by atoms with Crippen molar-refractivity contribution in [3.8, 4) is 5.69 Å². The Balaban J connectivity index is 1.92. The molecule has 3 rings (SSSR count). The summed E-state index contributed by atoms with van der Waals surface area (Å²) in [4.78, 5) is 37.0. The molecule has 2 N–H and O–H groups in total. The number of methoxy groups -OCH3 is 1. The Morgan fingerprint density at radius 1 is 1.00 bits per heavy atom. The van der Waals surface area contributed by atoms with E-state index in [0.717, 1.165) is 5.56 Å². The van der Waals surface area contributed by atoms with Gasteiger partial charge in [0, 0.05) is 17.7 Å². The highest BCUT2D eigenvalue weighted by Crippen LogP contribution is 2.21. The van der Waals surface area contributed by atoms with Crippen LogP contribution in [-0.4, -0.2) is 34.7 Å². The van der Waals surface area contributed by atoms with Crippen LogP contribution >= 0.6 is 0 Å². The van der Waals surface area contributed by atoms with Crippen molar-refractivity contribution < 1.29 is 19.1 Å².